The van der Waals surface area contributed by atoms with Crippen molar-refractivity contribution >= 4 is 11.6 Å². The highest BCUT2D eigenvalue weighted by Gasteiger charge is 2.01. The lowest BCUT2D eigenvalue weighted by molar-refractivity contribution is 0.306. The Morgan fingerprint density at radius 1 is 1.09 bits per heavy atom. The zero-order valence-corrected chi connectivity index (χ0v) is 14.6. The average Bonchev–Trinajstić information content (AvgIpc) is 2.54. The van der Waals surface area contributed by atoms with Gasteiger partial charge < -0.3 is 15.0 Å². The van der Waals surface area contributed by atoms with Crippen molar-refractivity contribution in [3.8, 4) is 5.75 Å². The van der Waals surface area contributed by atoms with Crippen LogP contribution in [0.2, 0.25) is 5.02 Å². The average molecular weight is 333 g/mol. The smallest absolute Gasteiger partial charge is 0.120 e. The van der Waals surface area contributed by atoms with Gasteiger partial charge in [0, 0.05) is 17.1 Å². The highest BCUT2D eigenvalue weighted by atomic mass is 35.5. The van der Waals surface area contributed by atoms with Gasteiger partial charge in [-0.05, 0) is 57.4 Å². The Kier molecular flexibility index (Phi) is 7.40. The monoisotopic (exact) mass is 332 g/mol. The number of hydrogen-bond acceptors (Lipinski definition) is 3. The summed E-state index contributed by atoms with van der Waals surface area (Å²) in [6.07, 6.45) is 1.15. The highest BCUT2D eigenvalue weighted by molar-refractivity contribution is 6.31. The fourth-order valence-corrected chi connectivity index (χ4v) is 2.47. The highest BCUT2D eigenvalue weighted by Crippen LogP contribution is 2.19. The summed E-state index contributed by atoms with van der Waals surface area (Å²) in [5.74, 6) is 0.873. The third-order valence-corrected chi connectivity index (χ3v) is 3.91. The largest absolute Gasteiger partial charge is 0.489 e. The van der Waals surface area contributed by atoms with Gasteiger partial charge in [-0.15, -0.1) is 0 Å². The van der Waals surface area contributed by atoms with Crippen LogP contribution in [0.4, 0.5) is 0 Å². The van der Waals surface area contributed by atoms with E-state index in [1.165, 1.54) is 5.56 Å². The van der Waals surface area contributed by atoms with E-state index in [1.54, 1.807) is 0 Å². The van der Waals surface area contributed by atoms with Gasteiger partial charge >= 0.3 is 0 Å². The second kappa shape index (κ2) is 9.56. The molecule has 2 rings (SSSR count). The number of ether oxygens (including phenoxy) is 1. The van der Waals surface area contributed by atoms with Gasteiger partial charge in [0.2, 0.25) is 0 Å². The molecule has 0 saturated heterocycles. The van der Waals surface area contributed by atoms with Crippen LogP contribution in [0, 0.1) is 0 Å². The second-order valence-corrected chi connectivity index (χ2v) is 6.27. The molecular weight excluding hydrogens is 308 g/mol. The minimum atomic E-state index is 0.486. The molecule has 0 aromatic heterocycles. The van der Waals surface area contributed by atoms with Gasteiger partial charge in [-0.25, -0.2) is 0 Å². The lowest BCUT2D eigenvalue weighted by atomic mass is 10.2. The molecule has 1 N–H and O–H groups in total. The summed E-state index contributed by atoms with van der Waals surface area (Å²) in [7, 11) is 4.19. The molecule has 0 bridgehead atoms. The van der Waals surface area contributed by atoms with Crippen LogP contribution in [-0.2, 0) is 13.2 Å². The molecule has 0 heterocycles. The van der Waals surface area contributed by atoms with Gasteiger partial charge in [0.25, 0.3) is 0 Å². The fourth-order valence-electron chi connectivity index (χ4n) is 2.27. The van der Waals surface area contributed by atoms with Crippen molar-refractivity contribution in [1.82, 2.24) is 10.2 Å². The summed E-state index contributed by atoms with van der Waals surface area (Å²) in [5, 5.41) is 4.21. The molecule has 23 heavy (non-hydrogen) atoms. The predicted octanol–water partition coefficient (Wildman–Crippen LogP) is 3.96. The lowest BCUT2D eigenvalue weighted by Gasteiger charge is -2.11. The lowest BCUT2D eigenvalue weighted by Crippen LogP contribution is -2.20. The molecule has 2 aromatic carbocycles. The Morgan fingerprint density at radius 3 is 2.70 bits per heavy atom. The molecule has 3 nitrogen and oxygen atoms in total. The molecule has 0 atom stereocenters. The van der Waals surface area contributed by atoms with Crippen LogP contribution in [0.15, 0.2) is 48.5 Å². The van der Waals surface area contributed by atoms with Gasteiger partial charge in [0.15, 0.2) is 0 Å². The van der Waals surface area contributed by atoms with E-state index < -0.39 is 0 Å². The first-order valence-electron chi connectivity index (χ1n) is 7.96. The number of rotatable bonds is 9. The van der Waals surface area contributed by atoms with E-state index in [1.807, 2.05) is 36.4 Å². The normalized spacial score (nSPS) is 11.0. The molecular formula is C19H25ClN2O. The number of halogens is 1. The summed E-state index contributed by atoms with van der Waals surface area (Å²) in [4.78, 5) is 2.20. The van der Waals surface area contributed by atoms with Crippen LogP contribution in [0.25, 0.3) is 0 Å². The maximum Gasteiger partial charge on any atom is 0.120 e. The summed E-state index contributed by atoms with van der Waals surface area (Å²) in [6.45, 7) is 3.47. The van der Waals surface area contributed by atoms with E-state index in [9.17, 15) is 0 Å². The number of hydrogen-bond donors (Lipinski definition) is 1. The zero-order valence-electron chi connectivity index (χ0n) is 13.9. The van der Waals surface area contributed by atoms with Crippen LogP contribution < -0.4 is 10.1 Å². The van der Waals surface area contributed by atoms with Crippen LogP contribution in [0.3, 0.4) is 0 Å². The summed E-state index contributed by atoms with van der Waals surface area (Å²) < 4.78 is 5.85. The first kappa shape index (κ1) is 17.8. The molecule has 124 valence electrons. The molecule has 0 spiro atoms. The summed E-state index contributed by atoms with van der Waals surface area (Å²) in [6, 6.07) is 16.0. The maximum atomic E-state index is 6.15. The molecule has 0 aliphatic heterocycles. The molecule has 0 aliphatic carbocycles. The van der Waals surface area contributed by atoms with E-state index in [-0.39, 0.29) is 0 Å². The van der Waals surface area contributed by atoms with Crippen molar-refractivity contribution in [3.63, 3.8) is 0 Å². The van der Waals surface area contributed by atoms with E-state index >= 15 is 0 Å². The Hall–Kier alpha value is -1.55. The van der Waals surface area contributed by atoms with Gasteiger partial charge in [-0.2, -0.15) is 0 Å². The number of benzene rings is 2. The van der Waals surface area contributed by atoms with Crippen LogP contribution in [-0.4, -0.2) is 32.1 Å². The zero-order chi connectivity index (χ0) is 16.5. The van der Waals surface area contributed by atoms with Crippen molar-refractivity contribution in [2.75, 3.05) is 27.2 Å². The third kappa shape index (κ3) is 6.61. The number of nitrogens with one attached hydrogen (secondary N) is 1. The molecule has 2 aromatic rings. The Labute approximate surface area is 144 Å². The van der Waals surface area contributed by atoms with Crippen molar-refractivity contribution < 1.29 is 4.74 Å². The Bertz CT molecular complexity index is 601. The van der Waals surface area contributed by atoms with E-state index in [0.29, 0.717) is 6.61 Å². The molecule has 0 unspecified atom stereocenters. The minimum absolute atomic E-state index is 0.486. The quantitative estimate of drug-likeness (QED) is 0.703. The number of nitrogens with zero attached hydrogens (tertiary/aromatic N) is 1. The predicted molar refractivity (Wildman–Crippen MR) is 97.1 cm³/mol. The van der Waals surface area contributed by atoms with Gasteiger partial charge in [-0.3, -0.25) is 0 Å². The molecule has 0 saturated carbocycles. The van der Waals surface area contributed by atoms with E-state index in [0.717, 1.165) is 42.4 Å². The van der Waals surface area contributed by atoms with Crippen molar-refractivity contribution in [2.24, 2.45) is 0 Å². The molecule has 4 heteroatoms. The van der Waals surface area contributed by atoms with Crippen molar-refractivity contribution in [3.05, 3.63) is 64.7 Å². The van der Waals surface area contributed by atoms with Gasteiger partial charge in [0.05, 0.1) is 0 Å². The van der Waals surface area contributed by atoms with E-state index in [4.69, 9.17) is 16.3 Å². The topological polar surface area (TPSA) is 24.5 Å². The first-order valence-corrected chi connectivity index (χ1v) is 8.33. The summed E-state index contributed by atoms with van der Waals surface area (Å²) >= 11 is 6.15. The minimum Gasteiger partial charge on any atom is -0.489 e. The molecule has 0 amide bonds. The maximum absolute atomic E-state index is 6.15. The van der Waals surface area contributed by atoms with Gasteiger partial charge in [-0.1, -0.05) is 41.9 Å². The van der Waals surface area contributed by atoms with Crippen molar-refractivity contribution in [2.45, 2.75) is 19.6 Å². The summed E-state index contributed by atoms with van der Waals surface area (Å²) in [5.41, 5.74) is 2.23. The van der Waals surface area contributed by atoms with Crippen LogP contribution in [0.5, 0.6) is 5.75 Å². The third-order valence-electron chi connectivity index (χ3n) is 3.54. The standard InChI is InChI=1S/C19H25ClN2O/c1-22(2)12-6-11-21-14-16-7-5-9-18(13-16)23-15-17-8-3-4-10-19(17)20/h3-5,7-10,13,21H,6,11-12,14-15H2,1-2H3. The van der Waals surface area contributed by atoms with Gasteiger partial charge in [0.1, 0.15) is 12.4 Å². The second-order valence-electron chi connectivity index (χ2n) is 5.86. The van der Waals surface area contributed by atoms with Crippen molar-refractivity contribution in [1.29, 1.82) is 0 Å². The van der Waals surface area contributed by atoms with Crippen LogP contribution >= 0.6 is 11.6 Å². The SMILES string of the molecule is CN(C)CCCNCc1cccc(OCc2ccccc2Cl)c1. The Balaban J connectivity index is 1.79. The molecule has 0 radical (unpaired) electrons. The Morgan fingerprint density at radius 2 is 1.91 bits per heavy atom. The van der Waals surface area contributed by atoms with Crippen LogP contribution in [0.1, 0.15) is 17.5 Å². The molecule has 0 fully saturated rings. The first-order chi connectivity index (χ1) is 11.1. The van der Waals surface area contributed by atoms with E-state index in [2.05, 4.69) is 36.4 Å². The fraction of sp³-hybridized carbons (Fsp3) is 0.368. The molecule has 0 aliphatic rings.